The molecule has 0 spiro atoms. The number of carbonyl (C=O) groups excluding carboxylic acids is 4. The van der Waals surface area contributed by atoms with Crippen LogP contribution < -0.4 is 10.6 Å². The van der Waals surface area contributed by atoms with Crippen molar-refractivity contribution < 1.29 is 37.8 Å². The maximum absolute atomic E-state index is 14.4. The smallest absolute Gasteiger partial charge is 0.220 e. The van der Waals surface area contributed by atoms with Crippen LogP contribution in [0.4, 0.5) is 8.78 Å². The van der Waals surface area contributed by atoms with Gasteiger partial charge in [-0.3, -0.25) is 19.2 Å². The Labute approximate surface area is 297 Å². The number of ketones is 2. The van der Waals surface area contributed by atoms with Crippen LogP contribution in [0.5, 0.6) is 0 Å². The van der Waals surface area contributed by atoms with Crippen molar-refractivity contribution in [1.82, 2.24) is 10.6 Å². The SMILES string of the molecule is CCCCCC(=O)NC(CC(=O)CCC(C)(C)CCC(=O)[C@@H](O)[C@@H](COCc1ccccc1)NC(=O)CCCCC)Cc1cc(F)ccc1F. The normalized spacial score (nSPS) is 13.3. The van der Waals surface area contributed by atoms with E-state index in [0.29, 0.717) is 38.5 Å². The minimum absolute atomic E-state index is 0.0179. The largest absolute Gasteiger partial charge is 0.383 e. The van der Waals surface area contributed by atoms with E-state index >= 15 is 0 Å². The number of Topliss-reactive ketones (excluding diaryl/α,β-unsaturated/α-hetero) is 2. The molecule has 0 heterocycles. The Morgan fingerprint density at radius 1 is 0.820 bits per heavy atom. The number of aliphatic hydroxyl groups excluding tert-OH is 1. The van der Waals surface area contributed by atoms with Crippen molar-refractivity contribution in [2.24, 2.45) is 5.41 Å². The molecule has 8 nitrogen and oxygen atoms in total. The molecule has 1 unspecified atom stereocenters. The monoisotopic (exact) mass is 700 g/mol. The van der Waals surface area contributed by atoms with E-state index in [-0.39, 0.29) is 62.1 Å². The first kappa shape index (κ1) is 42.7. The van der Waals surface area contributed by atoms with E-state index < -0.39 is 41.0 Å². The Balaban J connectivity index is 1.96. The summed E-state index contributed by atoms with van der Waals surface area (Å²) in [5.74, 6) is -2.23. The number of hydrogen-bond donors (Lipinski definition) is 3. The van der Waals surface area contributed by atoms with Crippen LogP contribution in [0.25, 0.3) is 0 Å². The highest BCUT2D eigenvalue weighted by Gasteiger charge is 2.30. The summed E-state index contributed by atoms with van der Waals surface area (Å²) in [5.41, 5.74) is 0.579. The predicted octanol–water partition coefficient (Wildman–Crippen LogP) is 7.33. The third kappa shape index (κ3) is 17.4. The summed E-state index contributed by atoms with van der Waals surface area (Å²) >= 11 is 0. The van der Waals surface area contributed by atoms with E-state index in [9.17, 15) is 33.1 Å². The molecule has 0 saturated heterocycles. The van der Waals surface area contributed by atoms with Crippen LogP contribution >= 0.6 is 0 Å². The van der Waals surface area contributed by atoms with Crippen LogP contribution in [0, 0.1) is 17.0 Å². The standard InChI is InChI=1S/C40H58F2N2O6/c1-5-7-10-16-37(47)43-32(25-30-24-31(41)18-19-34(30)42)26-33(45)20-22-40(3,4)23-21-36(46)39(49)35(44-38(48)17-11-8-6-2)28-50-27-29-14-12-9-13-15-29/h9,12-15,18-19,24,32,35,39,49H,5-8,10-11,16-17,20-23,25-28H2,1-4H3,(H,43,47)(H,44,48)/t32?,35-,39+/m1/s1. The fourth-order valence-electron chi connectivity index (χ4n) is 5.69. The summed E-state index contributed by atoms with van der Waals surface area (Å²) in [6.07, 6.45) is 5.24. The highest BCUT2D eigenvalue weighted by molar-refractivity contribution is 5.85. The van der Waals surface area contributed by atoms with E-state index in [1.54, 1.807) is 0 Å². The minimum Gasteiger partial charge on any atom is -0.383 e. The van der Waals surface area contributed by atoms with Crippen LogP contribution in [-0.2, 0) is 36.9 Å². The molecule has 0 aliphatic carbocycles. The average Bonchev–Trinajstić information content (AvgIpc) is 3.08. The number of aliphatic hydroxyl groups is 1. The number of nitrogens with one attached hydrogen (secondary N) is 2. The molecular weight excluding hydrogens is 642 g/mol. The summed E-state index contributed by atoms with van der Waals surface area (Å²) in [7, 11) is 0. The molecule has 3 N–H and O–H groups in total. The van der Waals surface area contributed by atoms with Crippen molar-refractivity contribution in [3.8, 4) is 0 Å². The summed E-state index contributed by atoms with van der Waals surface area (Å²) in [5, 5.41) is 16.7. The van der Waals surface area contributed by atoms with Crippen molar-refractivity contribution >= 4 is 23.4 Å². The lowest BCUT2D eigenvalue weighted by molar-refractivity contribution is -0.132. The number of benzene rings is 2. The number of hydrogen-bond acceptors (Lipinski definition) is 6. The van der Waals surface area contributed by atoms with E-state index in [0.717, 1.165) is 49.4 Å². The van der Waals surface area contributed by atoms with Gasteiger partial charge in [0.1, 0.15) is 23.5 Å². The first-order valence-corrected chi connectivity index (χ1v) is 18.2. The van der Waals surface area contributed by atoms with Gasteiger partial charge in [0.25, 0.3) is 0 Å². The lowest BCUT2D eigenvalue weighted by Gasteiger charge is -2.27. The van der Waals surface area contributed by atoms with Gasteiger partial charge in [0.2, 0.25) is 11.8 Å². The van der Waals surface area contributed by atoms with Gasteiger partial charge in [-0.2, -0.15) is 0 Å². The summed E-state index contributed by atoms with van der Waals surface area (Å²) < 4.78 is 34.1. The van der Waals surface area contributed by atoms with E-state index in [2.05, 4.69) is 10.6 Å². The number of unbranched alkanes of at least 4 members (excludes halogenated alkanes) is 4. The molecule has 0 radical (unpaired) electrons. The van der Waals surface area contributed by atoms with E-state index in [4.69, 9.17) is 4.74 Å². The Hall–Kier alpha value is -3.50. The first-order chi connectivity index (χ1) is 23.8. The molecule has 3 atom stereocenters. The summed E-state index contributed by atoms with van der Waals surface area (Å²) in [4.78, 5) is 51.5. The van der Waals surface area contributed by atoms with Gasteiger partial charge in [0, 0.05) is 38.1 Å². The zero-order chi connectivity index (χ0) is 36.9. The van der Waals surface area contributed by atoms with Gasteiger partial charge in [0.15, 0.2) is 5.78 Å². The van der Waals surface area contributed by atoms with Crippen molar-refractivity contribution in [2.75, 3.05) is 6.61 Å². The molecule has 2 aromatic carbocycles. The lowest BCUT2D eigenvalue weighted by atomic mass is 9.81. The van der Waals surface area contributed by atoms with Crippen molar-refractivity contribution in [3.05, 3.63) is 71.3 Å². The van der Waals surface area contributed by atoms with Gasteiger partial charge in [-0.25, -0.2) is 8.78 Å². The fraction of sp³-hybridized carbons (Fsp3) is 0.600. The summed E-state index contributed by atoms with van der Waals surface area (Å²) in [6, 6.07) is 11.0. The molecule has 0 aliphatic heterocycles. The van der Waals surface area contributed by atoms with Crippen molar-refractivity contribution in [3.63, 3.8) is 0 Å². The van der Waals surface area contributed by atoms with Gasteiger partial charge >= 0.3 is 0 Å². The quantitative estimate of drug-likeness (QED) is 0.0884. The van der Waals surface area contributed by atoms with Crippen LogP contribution in [-0.4, -0.2) is 53.3 Å². The van der Waals surface area contributed by atoms with Crippen molar-refractivity contribution in [1.29, 1.82) is 0 Å². The van der Waals surface area contributed by atoms with Crippen LogP contribution in [0.1, 0.15) is 122 Å². The first-order valence-electron chi connectivity index (χ1n) is 18.2. The topological polar surface area (TPSA) is 122 Å². The third-order valence-electron chi connectivity index (χ3n) is 8.92. The molecule has 0 aliphatic rings. The molecule has 0 saturated carbocycles. The lowest BCUT2D eigenvalue weighted by Crippen LogP contribution is -2.49. The Morgan fingerprint density at radius 3 is 2.08 bits per heavy atom. The maximum Gasteiger partial charge on any atom is 0.220 e. The third-order valence-corrected chi connectivity index (χ3v) is 8.92. The number of rotatable bonds is 26. The highest BCUT2D eigenvalue weighted by atomic mass is 19.1. The molecule has 10 heteroatoms. The second-order valence-corrected chi connectivity index (χ2v) is 14.1. The maximum atomic E-state index is 14.4. The molecule has 2 rings (SSSR count). The molecule has 50 heavy (non-hydrogen) atoms. The number of ether oxygens (including phenoxy) is 1. The van der Waals surface area contributed by atoms with Crippen LogP contribution in [0.3, 0.4) is 0 Å². The Kier molecular flexibility index (Phi) is 19.7. The zero-order valence-corrected chi connectivity index (χ0v) is 30.4. The molecule has 2 amide bonds. The van der Waals surface area contributed by atoms with Crippen molar-refractivity contribution in [2.45, 2.75) is 142 Å². The number of halogens is 2. The fourth-order valence-corrected chi connectivity index (χ4v) is 5.69. The Morgan fingerprint density at radius 2 is 1.44 bits per heavy atom. The molecule has 0 fully saturated rings. The van der Waals surface area contributed by atoms with Crippen LogP contribution in [0.15, 0.2) is 48.5 Å². The number of amides is 2. The summed E-state index contributed by atoms with van der Waals surface area (Å²) in [6.45, 7) is 8.18. The predicted molar refractivity (Wildman–Crippen MR) is 191 cm³/mol. The van der Waals surface area contributed by atoms with Gasteiger partial charge < -0.3 is 20.5 Å². The molecule has 278 valence electrons. The average molecular weight is 701 g/mol. The van der Waals surface area contributed by atoms with E-state index in [1.807, 2.05) is 58.0 Å². The van der Waals surface area contributed by atoms with Gasteiger partial charge in [-0.1, -0.05) is 83.7 Å². The van der Waals surface area contributed by atoms with Crippen LogP contribution in [0.2, 0.25) is 0 Å². The van der Waals surface area contributed by atoms with Gasteiger partial charge in [0.05, 0.1) is 19.3 Å². The minimum atomic E-state index is -1.46. The molecule has 0 bridgehead atoms. The Bertz CT molecular complexity index is 1340. The number of carbonyl (C=O) groups is 4. The second kappa shape index (κ2) is 23.1. The molecule has 0 aromatic heterocycles. The highest BCUT2D eigenvalue weighted by Crippen LogP contribution is 2.29. The van der Waals surface area contributed by atoms with Gasteiger partial charge in [-0.05, 0) is 66.8 Å². The van der Waals surface area contributed by atoms with E-state index in [1.165, 1.54) is 0 Å². The second-order valence-electron chi connectivity index (χ2n) is 14.1. The molecular formula is C40H58F2N2O6. The van der Waals surface area contributed by atoms with Gasteiger partial charge in [-0.15, -0.1) is 0 Å². The molecule has 2 aromatic rings. The zero-order valence-electron chi connectivity index (χ0n) is 30.4.